The van der Waals surface area contributed by atoms with Crippen LogP contribution in [0.15, 0.2) is 63.7 Å². The molecular formula is C20H22N2O3. The fourth-order valence-electron chi connectivity index (χ4n) is 2.67. The van der Waals surface area contributed by atoms with E-state index in [1.54, 1.807) is 11.2 Å². The van der Waals surface area contributed by atoms with E-state index in [0.717, 1.165) is 35.6 Å². The molecule has 5 nitrogen and oxygen atoms in total. The van der Waals surface area contributed by atoms with E-state index in [1.165, 1.54) is 0 Å². The van der Waals surface area contributed by atoms with Crippen molar-refractivity contribution >= 4 is 5.91 Å². The Labute approximate surface area is 147 Å². The molecular weight excluding hydrogens is 316 g/mol. The van der Waals surface area contributed by atoms with E-state index < -0.39 is 0 Å². The maximum atomic E-state index is 12.1. The molecule has 0 saturated heterocycles. The molecule has 0 saturated carbocycles. The third kappa shape index (κ3) is 4.83. The summed E-state index contributed by atoms with van der Waals surface area (Å²) >= 11 is 0. The maximum Gasteiger partial charge on any atom is 0.222 e. The smallest absolute Gasteiger partial charge is 0.222 e. The van der Waals surface area contributed by atoms with E-state index in [1.807, 2.05) is 55.6 Å². The quantitative estimate of drug-likeness (QED) is 0.624. The van der Waals surface area contributed by atoms with Crippen molar-refractivity contribution < 1.29 is 13.7 Å². The molecule has 3 rings (SSSR count). The third-order valence-corrected chi connectivity index (χ3v) is 4.14. The Morgan fingerprint density at radius 1 is 1.08 bits per heavy atom. The number of furan rings is 1. The van der Waals surface area contributed by atoms with Crippen LogP contribution in [-0.4, -0.2) is 29.6 Å². The van der Waals surface area contributed by atoms with Gasteiger partial charge in [-0.1, -0.05) is 35.5 Å². The summed E-state index contributed by atoms with van der Waals surface area (Å²) in [7, 11) is 1.83. The number of carbonyl (C=O) groups excluding carboxylic acids is 1. The topological polar surface area (TPSA) is 59.5 Å². The first-order chi connectivity index (χ1) is 12.2. The Hall–Kier alpha value is -2.82. The number of rotatable bonds is 8. The number of carbonyl (C=O) groups is 1. The average Bonchev–Trinajstić information content (AvgIpc) is 3.32. The molecule has 0 radical (unpaired) electrons. The number of nitrogens with zero attached hydrogens (tertiary/aromatic N) is 2. The minimum Gasteiger partial charge on any atom is -0.469 e. The zero-order valence-electron chi connectivity index (χ0n) is 14.4. The number of hydrogen-bond acceptors (Lipinski definition) is 4. The molecule has 1 amide bonds. The molecule has 3 aromatic rings. The molecule has 0 aliphatic carbocycles. The van der Waals surface area contributed by atoms with Crippen molar-refractivity contribution in [1.29, 1.82) is 0 Å². The van der Waals surface area contributed by atoms with Crippen molar-refractivity contribution in [2.24, 2.45) is 0 Å². The molecule has 130 valence electrons. The first-order valence-corrected chi connectivity index (χ1v) is 8.50. The Morgan fingerprint density at radius 3 is 2.68 bits per heavy atom. The Balaban J connectivity index is 1.41. The third-order valence-electron chi connectivity index (χ3n) is 4.14. The highest BCUT2D eigenvalue weighted by Gasteiger charge is 2.11. The first-order valence-electron chi connectivity index (χ1n) is 8.50. The predicted molar refractivity (Wildman–Crippen MR) is 94.9 cm³/mol. The predicted octanol–water partition coefficient (Wildman–Crippen LogP) is 3.96. The normalized spacial score (nSPS) is 10.8. The van der Waals surface area contributed by atoms with Gasteiger partial charge in [0.2, 0.25) is 5.91 Å². The van der Waals surface area contributed by atoms with Gasteiger partial charge in [-0.05, 0) is 18.6 Å². The van der Waals surface area contributed by atoms with E-state index >= 15 is 0 Å². The van der Waals surface area contributed by atoms with E-state index in [9.17, 15) is 4.79 Å². The molecule has 0 fully saturated rings. The molecule has 2 heterocycles. The highest BCUT2D eigenvalue weighted by molar-refractivity contribution is 5.76. The Morgan fingerprint density at radius 2 is 1.92 bits per heavy atom. The number of aromatic nitrogens is 1. The van der Waals surface area contributed by atoms with E-state index in [4.69, 9.17) is 8.94 Å². The Bertz CT molecular complexity index is 778. The van der Waals surface area contributed by atoms with Gasteiger partial charge in [0.05, 0.1) is 6.26 Å². The summed E-state index contributed by atoms with van der Waals surface area (Å²) < 4.78 is 10.6. The number of aryl methyl sites for hydroxylation is 2. The van der Waals surface area contributed by atoms with E-state index in [0.29, 0.717) is 19.4 Å². The van der Waals surface area contributed by atoms with Gasteiger partial charge in [-0.3, -0.25) is 4.79 Å². The van der Waals surface area contributed by atoms with Crippen LogP contribution in [0.4, 0.5) is 0 Å². The molecule has 0 N–H and O–H groups in total. The van der Waals surface area contributed by atoms with Gasteiger partial charge in [0.25, 0.3) is 0 Å². The molecule has 5 heteroatoms. The van der Waals surface area contributed by atoms with Gasteiger partial charge in [-0.25, -0.2) is 0 Å². The lowest BCUT2D eigenvalue weighted by atomic mass is 10.1. The summed E-state index contributed by atoms with van der Waals surface area (Å²) in [6.07, 6.45) is 4.33. The van der Waals surface area contributed by atoms with Crippen molar-refractivity contribution in [3.63, 3.8) is 0 Å². The van der Waals surface area contributed by atoms with Crippen LogP contribution in [0.3, 0.4) is 0 Å². The molecule has 2 aromatic heterocycles. The van der Waals surface area contributed by atoms with Crippen LogP contribution >= 0.6 is 0 Å². The minimum absolute atomic E-state index is 0.124. The zero-order valence-corrected chi connectivity index (χ0v) is 14.4. The molecule has 0 aliphatic heterocycles. The number of amides is 1. The molecule has 0 bridgehead atoms. The van der Waals surface area contributed by atoms with Crippen molar-refractivity contribution in [2.75, 3.05) is 13.6 Å². The van der Waals surface area contributed by atoms with Crippen LogP contribution in [0.1, 0.15) is 24.4 Å². The fourth-order valence-corrected chi connectivity index (χ4v) is 2.67. The number of benzene rings is 1. The van der Waals surface area contributed by atoms with Crippen molar-refractivity contribution in [3.05, 3.63) is 66.3 Å². The largest absolute Gasteiger partial charge is 0.469 e. The van der Waals surface area contributed by atoms with Crippen molar-refractivity contribution in [3.8, 4) is 11.3 Å². The lowest BCUT2D eigenvalue weighted by Crippen LogP contribution is -2.28. The summed E-state index contributed by atoms with van der Waals surface area (Å²) in [6.45, 7) is 0.693. The van der Waals surface area contributed by atoms with Gasteiger partial charge >= 0.3 is 0 Å². The summed E-state index contributed by atoms with van der Waals surface area (Å²) in [6, 6.07) is 15.6. The zero-order chi connectivity index (χ0) is 17.5. The van der Waals surface area contributed by atoms with Crippen LogP contribution in [0, 0.1) is 0 Å². The SMILES string of the molecule is CN(CCCc1cc(-c2ccccc2)no1)C(=O)CCc1ccco1. The lowest BCUT2D eigenvalue weighted by Gasteiger charge is -2.16. The lowest BCUT2D eigenvalue weighted by molar-refractivity contribution is -0.130. The van der Waals surface area contributed by atoms with E-state index in [-0.39, 0.29) is 5.91 Å². The summed E-state index contributed by atoms with van der Waals surface area (Å²) in [5.41, 5.74) is 1.89. The molecule has 0 aliphatic rings. The number of hydrogen-bond donors (Lipinski definition) is 0. The molecule has 0 spiro atoms. The highest BCUT2D eigenvalue weighted by atomic mass is 16.5. The van der Waals surface area contributed by atoms with Gasteiger partial charge in [0.15, 0.2) is 0 Å². The van der Waals surface area contributed by atoms with Crippen LogP contribution in [-0.2, 0) is 17.6 Å². The van der Waals surface area contributed by atoms with Crippen LogP contribution in [0.5, 0.6) is 0 Å². The average molecular weight is 338 g/mol. The van der Waals surface area contributed by atoms with Crippen molar-refractivity contribution in [2.45, 2.75) is 25.7 Å². The van der Waals surface area contributed by atoms with Crippen LogP contribution < -0.4 is 0 Å². The highest BCUT2D eigenvalue weighted by Crippen LogP contribution is 2.19. The molecule has 0 atom stereocenters. The molecule has 1 aromatic carbocycles. The van der Waals surface area contributed by atoms with Crippen molar-refractivity contribution in [1.82, 2.24) is 10.1 Å². The molecule has 0 unspecified atom stereocenters. The second kappa shape index (κ2) is 8.33. The Kier molecular flexibility index (Phi) is 5.67. The van der Waals surface area contributed by atoms with Gasteiger partial charge in [-0.15, -0.1) is 0 Å². The van der Waals surface area contributed by atoms with Gasteiger partial charge in [-0.2, -0.15) is 0 Å². The second-order valence-electron chi connectivity index (χ2n) is 6.04. The van der Waals surface area contributed by atoms with Gasteiger partial charge in [0.1, 0.15) is 17.2 Å². The molecule has 25 heavy (non-hydrogen) atoms. The summed E-state index contributed by atoms with van der Waals surface area (Å²) in [5.74, 6) is 1.81. The maximum absolute atomic E-state index is 12.1. The first kappa shape index (κ1) is 17.0. The van der Waals surface area contributed by atoms with Gasteiger partial charge < -0.3 is 13.8 Å². The second-order valence-corrected chi connectivity index (χ2v) is 6.04. The van der Waals surface area contributed by atoms with Gasteiger partial charge in [0, 0.05) is 44.5 Å². The monoisotopic (exact) mass is 338 g/mol. The summed E-state index contributed by atoms with van der Waals surface area (Å²) in [5, 5.41) is 4.11. The van der Waals surface area contributed by atoms with Crippen LogP contribution in [0.25, 0.3) is 11.3 Å². The fraction of sp³-hybridized carbons (Fsp3) is 0.300. The van der Waals surface area contributed by atoms with Crippen LogP contribution in [0.2, 0.25) is 0 Å². The van der Waals surface area contributed by atoms with E-state index in [2.05, 4.69) is 5.16 Å². The summed E-state index contributed by atoms with van der Waals surface area (Å²) in [4.78, 5) is 13.9. The minimum atomic E-state index is 0.124. The standard InChI is InChI=1S/C20H22N2O3/c1-22(20(23)12-11-17-10-6-14-24-17)13-5-9-18-15-19(21-25-18)16-7-3-2-4-8-16/h2-4,6-8,10,14-15H,5,9,11-13H2,1H3.